The molecule has 7 rings (SSSR count). The first-order valence-electron chi connectivity index (χ1n) is 16.3. The molecule has 3 heterocycles. The van der Waals surface area contributed by atoms with Crippen LogP contribution in [0.5, 0.6) is 0 Å². The molecule has 13 heteroatoms. The van der Waals surface area contributed by atoms with Crippen LogP contribution in [0.4, 0.5) is 16.6 Å². The minimum Gasteiger partial charge on any atom is -0.465 e. The summed E-state index contributed by atoms with van der Waals surface area (Å²) in [6, 6.07) is 19.1. The van der Waals surface area contributed by atoms with Crippen molar-refractivity contribution in [2.75, 3.05) is 30.3 Å². The van der Waals surface area contributed by atoms with Gasteiger partial charge in [-0.05, 0) is 36.8 Å². The van der Waals surface area contributed by atoms with Crippen molar-refractivity contribution < 1.29 is 24.9 Å². The molecule has 2 aromatic carbocycles. The molecule has 0 spiro atoms. The number of benzene rings is 2. The van der Waals surface area contributed by atoms with Crippen LogP contribution in [0.15, 0.2) is 67.0 Å². The number of aliphatic hydroxyl groups excluding tert-OH is 2. The van der Waals surface area contributed by atoms with Gasteiger partial charge in [-0.25, -0.2) is 9.78 Å². The zero-order valence-electron chi connectivity index (χ0n) is 25.9. The van der Waals surface area contributed by atoms with Gasteiger partial charge in [-0.15, -0.1) is 0 Å². The maximum Gasteiger partial charge on any atom is 0.407 e. The molecule has 2 saturated carbocycles. The molecule has 0 radical (unpaired) electrons. The van der Waals surface area contributed by atoms with Crippen LogP contribution in [0.3, 0.4) is 0 Å². The molecule has 0 unspecified atom stereocenters. The number of carboxylic acid groups (broad SMARTS) is 1. The predicted molar refractivity (Wildman–Crippen MR) is 175 cm³/mol. The second kappa shape index (κ2) is 13.2. The first-order valence-corrected chi connectivity index (χ1v) is 16.3. The van der Waals surface area contributed by atoms with E-state index in [-0.39, 0.29) is 23.8 Å². The van der Waals surface area contributed by atoms with E-state index in [4.69, 9.17) is 9.97 Å². The number of imidazole rings is 1. The van der Waals surface area contributed by atoms with Gasteiger partial charge >= 0.3 is 6.09 Å². The lowest BCUT2D eigenvalue weighted by atomic mass is 9.84. The van der Waals surface area contributed by atoms with E-state index >= 15 is 0 Å². The Kier molecular flexibility index (Phi) is 8.65. The second-order valence-corrected chi connectivity index (χ2v) is 12.9. The van der Waals surface area contributed by atoms with Crippen molar-refractivity contribution in [3.8, 4) is 0 Å². The topological polar surface area (TPSA) is 178 Å². The minimum atomic E-state index is -1.15. The van der Waals surface area contributed by atoms with E-state index in [2.05, 4.69) is 45.2 Å². The molecule has 3 aliphatic rings. The number of nitrogens with one attached hydrogen (secondary N) is 3. The van der Waals surface area contributed by atoms with Crippen molar-refractivity contribution in [1.29, 1.82) is 0 Å². The summed E-state index contributed by atoms with van der Waals surface area (Å²) < 4.78 is 1.75. The quantitative estimate of drug-likeness (QED) is 0.151. The van der Waals surface area contributed by atoms with Crippen molar-refractivity contribution in [1.82, 2.24) is 29.7 Å². The van der Waals surface area contributed by atoms with E-state index in [1.165, 1.54) is 4.90 Å². The maximum absolute atomic E-state index is 12.7. The van der Waals surface area contributed by atoms with Crippen LogP contribution in [0.1, 0.15) is 55.2 Å². The average molecular weight is 641 g/mol. The molecule has 0 bridgehead atoms. The minimum absolute atomic E-state index is 0.00621. The van der Waals surface area contributed by atoms with Crippen molar-refractivity contribution in [3.63, 3.8) is 0 Å². The summed E-state index contributed by atoms with van der Waals surface area (Å²) in [6.07, 6.45) is 1.96. The third-order valence-electron chi connectivity index (χ3n) is 9.90. The second-order valence-electron chi connectivity index (χ2n) is 12.9. The fourth-order valence-electron chi connectivity index (χ4n) is 6.98. The third kappa shape index (κ3) is 6.32. The summed E-state index contributed by atoms with van der Waals surface area (Å²) >= 11 is 0. The van der Waals surface area contributed by atoms with Gasteiger partial charge in [0, 0.05) is 37.5 Å². The molecule has 3 fully saturated rings. The van der Waals surface area contributed by atoms with Gasteiger partial charge in [-0.3, -0.25) is 4.79 Å². The first kappa shape index (κ1) is 30.9. The number of aromatic nitrogens is 4. The zero-order valence-corrected chi connectivity index (χ0v) is 25.9. The summed E-state index contributed by atoms with van der Waals surface area (Å²) in [6.45, 7) is 1.22. The smallest absolute Gasteiger partial charge is 0.407 e. The van der Waals surface area contributed by atoms with Crippen LogP contribution < -0.4 is 16.0 Å². The van der Waals surface area contributed by atoms with Crippen molar-refractivity contribution >= 4 is 34.9 Å². The van der Waals surface area contributed by atoms with Gasteiger partial charge in [0.25, 0.3) is 0 Å². The third-order valence-corrected chi connectivity index (χ3v) is 9.90. The van der Waals surface area contributed by atoms with Crippen molar-refractivity contribution in [3.05, 3.63) is 78.1 Å². The van der Waals surface area contributed by atoms with Gasteiger partial charge in [0.2, 0.25) is 11.9 Å². The van der Waals surface area contributed by atoms with E-state index in [9.17, 15) is 24.9 Å². The molecule has 4 aromatic rings. The molecule has 246 valence electrons. The Labute approximate surface area is 272 Å². The number of aliphatic hydroxyl groups is 2. The predicted octanol–water partition coefficient (Wildman–Crippen LogP) is 3.19. The van der Waals surface area contributed by atoms with Gasteiger partial charge < -0.3 is 40.7 Å². The zero-order chi connectivity index (χ0) is 32.5. The lowest BCUT2D eigenvalue weighted by Gasteiger charge is -2.27. The Morgan fingerprint density at radius 1 is 0.936 bits per heavy atom. The Balaban J connectivity index is 1.20. The highest BCUT2D eigenvalue weighted by Crippen LogP contribution is 2.36. The molecule has 5 atom stereocenters. The number of anilines is 2. The molecule has 1 saturated heterocycles. The Hall–Kier alpha value is -4.75. The van der Waals surface area contributed by atoms with Crippen LogP contribution in [-0.4, -0.2) is 95.7 Å². The summed E-state index contributed by atoms with van der Waals surface area (Å²) in [5, 5.41) is 41.4. The Bertz CT molecular complexity index is 1680. The lowest BCUT2D eigenvalue weighted by molar-refractivity contribution is -0.129. The number of rotatable bonds is 10. The van der Waals surface area contributed by atoms with Gasteiger partial charge in [0.15, 0.2) is 17.0 Å². The van der Waals surface area contributed by atoms with E-state index in [0.717, 1.165) is 30.4 Å². The maximum atomic E-state index is 12.7. The normalized spacial score (nSPS) is 24.4. The Morgan fingerprint density at radius 3 is 2.26 bits per heavy atom. The fraction of sp³-hybridized carbons (Fsp3) is 0.441. The van der Waals surface area contributed by atoms with Crippen molar-refractivity contribution in [2.24, 2.45) is 5.92 Å². The first-order chi connectivity index (χ1) is 22.9. The SMILES string of the molecule is O=C(N[C@H]1C[C@@H](n2cnc3c(NCC(c4ccccc4)c4ccccc4)nc(N[C@H]4CCN(C(=O)O)C4)nc32)[C@H](O)[C@@H]1O)C1CCC1. The standard InChI is InChI=1S/C34H40N8O5/c43-28-25(38-32(45)22-12-7-13-22)16-26(29(28)44)42-19-36-27-30(39-33(40-31(27)42)37-23-14-15-41(18-23)34(46)47)35-17-24(20-8-3-1-4-9-20)21-10-5-2-6-11-21/h1-6,8-11,19,22-26,28-29,43-44H,7,12-18H2,(H,38,45)(H,46,47)(H2,35,37,39,40)/t23-,25-,26+,28+,29-/m0/s1. The van der Waals surface area contributed by atoms with E-state index in [1.807, 2.05) is 36.4 Å². The molecular weight excluding hydrogens is 600 g/mol. The van der Waals surface area contributed by atoms with Crippen LogP contribution >= 0.6 is 0 Å². The number of carbonyl (C=O) groups is 2. The van der Waals surface area contributed by atoms with Crippen LogP contribution in [0.2, 0.25) is 0 Å². The molecule has 47 heavy (non-hydrogen) atoms. The number of nitrogens with zero attached hydrogens (tertiary/aromatic N) is 5. The largest absolute Gasteiger partial charge is 0.465 e. The molecule has 1 aliphatic heterocycles. The monoisotopic (exact) mass is 640 g/mol. The fourth-order valence-corrected chi connectivity index (χ4v) is 6.98. The molecular formula is C34H40N8O5. The van der Waals surface area contributed by atoms with Crippen LogP contribution in [0, 0.1) is 5.92 Å². The highest BCUT2D eigenvalue weighted by molar-refractivity contribution is 5.84. The number of fused-ring (bicyclic) bond motifs is 1. The summed E-state index contributed by atoms with van der Waals surface area (Å²) in [7, 11) is 0. The van der Waals surface area contributed by atoms with Gasteiger partial charge in [-0.2, -0.15) is 9.97 Å². The number of hydrogen-bond acceptors (Lipinski definition) is 9. The summed E-state index contributed by atoms with van der Waals surface area (Å²) in [5.41, 5.74) is 3.23. The van der Waals surface area contributed by atoms with E-state index in [0.29, 0.717) is 55.4 Å². The van der Waals surface area contributed by atoms with Crippen molar-refractivity contribution in [2.45, 2.75) is 68.4 Å². The van der Waals surface area contributed by atoms with Gasteiger partial charge in [0.1, 0.15) is 12.2 Å². The van der Waals surface area contributed by atoms with Gasteiger partial charge in [0.05, 0.1) is 18.4 Å². The molecule has 6 N–H and O–H groups in total. The molecule has 2 aliphatic carbocycles. The Morgan fingerprint density at radius 2 is 1.64 bits per heavy atom. The lowest BCUT2D eigenvalue weighted by Crippen LogP contribution is -2.46. The molecule has 2 aromatic heterocycles. The van der Waals surface area contributed by atoms with E-state index < -0.39 is 30.4 Å². The van der Waals surface area contributed by atoms with E-state index in [1.54, 1.807) is 10.9 Å². The molecule has 2 amide bonds. The summed E-state index contributed by atoms with van der Waals surface area (Å²) in [4.78, 5) is 39.9. The number of amides is 2. The number of hydrogen-bond donors (Lipinski definition) is 6. The highest BCUT2D eigenvalue weighted by Gasteiger charge is 2.44. The number of likely N-dealkylation sites (tertiary alicyclic amines) is 1. The molecule has 13 nitrogen and oxygen atoms in total. The average Bonchev–Trinajstić information content (AvgIpc) is 3.76. The van der Waals surface area contributed by atoms with Gasteiger partial charge in [-0.1, -0.05) is 67.1 Å². The summed E-state index contributed by atoms with van der Waals surface area (Å²) in [5.74, 6) is 0.682. The highest BCUT2D eigenvalue weighted by atomic mass is 16.4. The van der Waals surface area contributed by atoms with Crippen LogP contribution in [-0.2, 0) is 4.79 Å². The number of carbonyl (C=O) groups excluding carboxylic acids is 1. The van der Waals surface area contributed by atoms with Crippen LogP contribution in [0.25, 0.3) is 11.2 Å².